The van der Waals surface area contributed by atoms with Crippen LogP contribution in [0.4, 0.5) is 4.39 Å². The lowest BCUT2D eigenvalue weighted by molar-refractivity contribution is 0.0950. The minimum atomic E-state index is -0.383. The Morgan fingerprint density at radius 2 is 2.18 bits per heavy atom. The van der Waals surface area contributed by atoms with Gasteiger partial charge in [0.1, 0.15) is 17.1 Å². The summed E-state index contributed by atoms with van der Waals surface area (Å²) in [5.74, 6) is -0.0870. The summed E-state index contributed by atoms with van der Waals surface area (Å²) in [5, 5.41) is 6.06. The zero-order valence-electron chi connectivity index (χ0n) is 15.2. The van der Waals surface area contributed by atoms with E-state index in [4.69, 9.17) is 4.74 Å². The van der Waals surface area contributed by atoms with Gasteiger partial charge in [-0.3, -0.25) is 4.79 Å². The first-order valence-corrected chi connectivity index (χ1v) is 10.5. The van der Waals surface area contributed by atoms with Gasteiger partial charge in [0.25, 0.3) is 5.91 Å². The first-order valence-electron chi connectivity index (χ1n) is 8.80. The van der Waals surface area contributed by atoms with Gasteiger partial charge in [0, 0.05) is 23.8 Å². The van der Waals surface area contributed by atoms with Gasteiger partial charge in [-0.2, -0.15) is 0 Å². The van der Waals surface area contributed by atoms with Crippen LogP contribution in [-0.2, 0) is 6.42 Å². The van der Waals surface area contributed by atoms with Gasteiger partial charge in [-0.05, 0) is 72.4 Å². The van der Waals surface area contributed by atoms with E-state index in [2.05, 4.69) is 31.2 Å². The van der Waals surface area contributed by atoms with Crippen molar-refractivity contribution in [1.82, 2.24) is 15.3 Å². The average Bonchev–Trinajstić information content (AvgIpc) is 3.09. The Morgan fingerprint density at radius 3 is 2.93 bits per heavy atom. The fourth-order valence-corrected chi connectivity index (χ4v) is 3.77. The summed E-state index contributed by atoms with van der Waals surface area (Å²) in [6.45, 7) is 2.54. The molecule has 146 valence electrons. The molecule has 0 unspecified atom stereocenters. The molecule has 2 heterocycles. The lowest BCUT2D eigenvalue weighted by Gasteiger charge is -2.11. The first kappa shape index (κ1) is 20.4. The lowest BCUT2D eigenvalue weighted by atomic mass is 10.2. The number of thiazole rings is 1. The summed E-state index contributed by atoms with van der Waals surface area (Å²) in [6, 6.07) is 7.38. The Kier molecular flexibility index (Phi) is 7.11. The summed E-state index contributed by atoms with van der Waals surface area (Å²) in [6.07, 6.45) is 4.25. The van der Waals surface area contributed by atoms with Gasteiger partial charge in [-0.15, -0.1) is 11.3 Å². The van der Waals surface area contributed by atoms with Crippen molar-refractivity contribution in [3.05, 3.63) is 68.5 Å². The summed E-state index contributed by atoms with van der Waals surface area (Å²) >= 11 is 4.91. The Labute approximate surface area is 175 Å². The molecule has 0 bridgehead atoms. The van der Waals surface area contributed by atoms with E-state index >= 15 is 0 Å². The van der Waals surface area contributed by atoms with Crippen molar-refractivity contribution in [2.75, 3.05) is 6.54 Å². The number of halogens is 2. The lowest BCUT2D eigenvalue weighted by Crippen LogP contribution is -2.25. The third kappa shape index (κ3) is 5.59. The minimum Gasteiger partial charge on any atom is -0.437 e. The Balaban J connectivity index is 1.55. The molecule has 3 rings (SSSR count). The molecule has 8 heteroatoms. The van der Waals surface area contributed by atoms with E-state index in [1.165, 1.54) is 18.2 Å². The average molecular weight is 464 g/mol. The zero-order valence-corrected chi connectivity index (χ0v) is 17.6. The van der Waals surface area contributed by atoms with Crippen LogP contribution >= 0.6 is 27.3 Å². The number of pyridine rings is 1. The number of benzene rings is 1. The zero-order chi connectivity index (χ0) is 19.9. The summed E-state index contributed by atoms with van der Waals surface area (Å²) in [4.78, 5) is 21.1. The first-order chi connectivity index (χ1) is 13.5. The van der Waals surface area contributed by atoms with Crippen LogP contribution in [0.5, 0.6) is 11.6 Å². The molecule has 1 aromatic carbocycles. The molecule has 3 aromatic rings. The number of rotatable bonds is 8. The third-order valence-corrected chi connectivity index (χ3v) is 5.53. The van der Waals surface area contributed by atoms with E-state index in [1.54, 1.807) is 29.7 Å². The van der Waals surface area contributed by atoms with Crippen LogP contribution in [0, 0.1) is 12.7 Å². The summed E-state index contributed by atoms with van der Waals surface area (Å²) < 4.78 is 19.4. The Bertz CT molecular complexity index is 964. The van der Waals surface area contributed by atoms with Crippen LogP contribution in [-0.4, -0.2) is 22.4 Å². The van der Waals surface area contributed by atoms with Crippen LogP contribution in [0.3, 0.4) is 0 Å². The van der Waals surface area contributed by atoms with Crippen molar-refractivity contribution in [1.29, 1.82) is 0 Å². The van der Waals surface area contributed by atoms with Crippen molar-refractivity contribution in [2.24, 2.45) is 0 Å². The highest BCUT2D eigenvalue weighted by Crippen LogP contribution is 2.30. The molecule has 0 fully saturated rings. The molecule has 0 radical (unpaired) electrons. The minimum absolute atomic E-state index is 0.172. The van der Waals surface area contributed by atoms with Gasteiger partial charge >= 0.3 is 0 Å². The van der Waals surface area contributed by atoms with Crippen molar-refractivity contribution in [2.45, 2.75) is 26.2 Å². The van der Waals surface area contributed by atoms with Crippen molar-refractivity contribution in [3.8, 4) is 11.6 Å². The van der Waals surface area contributed by atoms with E-state index in [0.29, 0.717) is 22.3 Å². The van der Waals surface area contributed by atoms with E-state index < -0.39 is 0 Å². The molecule has 5 nitrogen and oxygen atoms in total. The Hall–Kier alpha value is -2.32. The fourth-order valence-electron chi connectivity index (χ4n) is 2.52. The molecule has 0 aliphatic heterocycles. The normalized spacial score (nSPS) is 10.7. The van der Waals surface area contributed by atoms with Crippen molar-refractivity contribution < 1.29 is 13.9 Å². The summed E-state index contributed by atoms with van der Waals surface area (Å²) in [5.41, 5.74) is 1.37. The Morgan fingerprint density at radius 1 is 1.32 bits per heavy atom. The highest BCUT2D eigenvalue weighted by atomic mass is 79.9. The van der Waals surface area contributed by atoms with E-state index in [1.807, 2.05) is 12.3 Å². The number of nitrogens with one attached hydrogen (secondary N) is 1. The highest BCUT2D eigenvalue weighted by Gasteiger charge is 2.15. The standard InChI is InChI=1S/C20H19BrFN3O2S/c1-13-12-28-18(25-13)6-2-3-9-23-19(26)15-5-4-10-24-20(15)27-17-8-7-14(22)11-16(17)21/h4-5,7-8,10-12H,2-3,6,9H2,1H3,(H,23,26). The second-order valence-corrected chi connectivity index (χ2v) is 7.93. The maximum absolute atomic E-state index is 13.2. The monoisotopic (exact) mass is 463 g/mol. The second kappa shape index (κ2) is 9.75. The molecule has 1 amide bonds. The molecule has 2 aromatic heterocycles. The topological polar surface area (TPSA) is 64.1 Å². The van der Waals surface area contributed by atoms with Gasteiger partial charge in [0.2, 0.25) is 5.88 Å². The number of hydrogen-bond donors (Lipinski definition) is 1. The molecular weight excluding hydrogens is 445 g/mol. The van der Waals surface area contributed by atoms with Crippen LogP contribution in [0.1, 0.15) is 33.9 Å². The largest absolute Gasteiger partial charge is 0.437 e. The van der Waals surface area contributed by atoms with Gasteiger partial charge in [-0.25, -0.2) is 14.4 Å². The van der Waals surface area contributed by atoms with Crippen molar-refractivity contribution in [3.63, 3.8) is 0 Å². The molecule has 0 aliphatic carbocycles. The smallest absolute Gasteiger partial charge is 0.256 e. The maximum Gasteiger partial charge on any atom is 0.256 e. The number of unbranched alkanes of at least 4 members (excludes halogenated alkanes) is 1. The molecule has 0 aliphatic rings. The number of nitrogens with zero attached hydrogens (tertiary/aromatic N) is 2. The summed E-state index contributed by atoms with van der Waals surface area (Å²) in [7, 11) is 0. The fraction of sp³-hybridized carbons (Fsp3) is 0.250. The third-order valence-electron chi connectivity index (χ3n) is 3.89. The molecule has 0 spiro atoms. The SMILES string of the molecule is Cc1csc(CCCCNC(=O)c2cccnc2Oc2ccc(F)cc2Br)n1. The quantitative estimate of drug-likeness (QED) is 0.460. The molecular formula is C20H19BrFN3O2S. The van der Waals surface area contributed by atoms with Crippen molar-refractivity contribution >= 4 is 33.2 Å². The number of ether oxygens (including phenoxy) is 1. The number of carbonyl (C=O) groups is 1. The molecule has 0 saturated carbocycles. The van der Waals surface area contributed by atoms with Gasteiger partial charge < -0.3 is 10.1 Å². The molecule has 0 saturated heterocycles. The van der Waals surface area contributed by atoms with Gasteiger partial charge in [0.05, 0.1) is 9.48 Å². The van der Waals surface area contributed by atoms with Crippen LogP contribution < -0.4 is 10.1 Å². The predicted octanol–water partition coefficient (Wildman–Crippen LogP) is 5.29. The number of aryl methyl sites for hydroxylation is 2. The van der Waals surface area contributed by atoms with E-state index in [0.717, 1.165) is 30.0 Å². The van der Waals surface area contributed by atoms with Crippen LogP contribution in [0.2, 0.25) is 0 Å². The van der Waals surface area contributed by atoms with E-state index in [9.17, 15) is 9.18 Å². The van der Waals surface area contributed by atoms with Gasteiger partial charge in [-0.1, -0.05) is 0 Å². The van der Waals surface area contributed by atoms with Crippen LogP contribution in [0.15, 0.2) is 46.4 Å². The number of amides is 1. The maximum atomic E-state index is 13.2. The predicted molar refractivity (Wildman–Crippen MR) is 111 cm³/mol. The molecule has 1 N–H and O–H groups in total. The van der Waals surface area contributed by atoms with Crippen LogP contribution in [0.25, 0.3) is 0 Å². The van der Waals surface area contributed by atoms with E-state index in [-0.39, 0.29) is 17.6 Å². The number of hydrogen-bond acceptors (Lipinski definition) is 5. The number of carbonyl (C=O) groups excluding carboxylic acids is 1. The highest BCUT2D eigenvalue weighted by molar-refractivity contribution is 9.10. The van der Waals surface area contributed by atoms with Gasteiger partial charge in [0.15, 0.2) is 0 Å². The number of aromatic nitrogens is 2. The second-order valence-electron chi connectivity index (χ2n) is 6.13. The molecule has 28 heavy (non-hydrogen) atoms. The molecule has 0 atom stereocenters.